The van der Waals surface area contributed by atoms with Crippen molar-refractivity contribution in [3.8, 4) is 0 Å². The van der Waals surface area contributed by atoms with Crippen molar-refractivity contribution < 1.29 is 22.7 Å². The summed E-state index contributed by atoms with van der Waals surface area (Å²) in [5, 5.41) is 2.77. The Hall–Kier alpha value is -1.97. The summed E-state index contributed by atoms with van der Waals surface area (Å²) >= 11 is 0. The molecule has 9 heteroatoms. The molecule has 1 aromatic carbocycles. The van der Waals surface area contributed by atoms with Crippen LogP contribution in [0.15, 0.2) is 29.2 Å². The number of hydrogen-bond donors (Lipinski definition) is 1. The Labute approximate surface area is 173 Å². The van der Waals surface area contributed by atoms with Crippen LogP contribution in [0.3, 0.4) is 0 Å². The van der Waals surface area contributed by atoms with Crippen molar-refractivity contribution in [3.05, 3.63) is 24.3 Å². The summed E-state index contributed by atoms with van der Waals surface area (Å²) in [5.41, 5.74) is 0.433. The smallest absolute Gasteiger partial charge is 0.310 e. The van der Waals surface area contributed by atoms with E-state index in [2.05, 4.69) is 5.32 Å². The van der Waals surface area contributed by atoms with E-state index >= 15 is 0 Å². The highest BCUT2D eigenvalue weighted by molar-refractivity contribution is 7.89. The summed E-state index contributed by atoms with van der Waals surface area (Å²) in [6.45, 7) is 7.83. The third-order valence-electron chi connectivity index (χ3n) is 4.95. The van der Waals surface area contributed by atoms with E-state index in [0.29, 0.717) is 31.9 Å². The van der Waals surface area contributed by atoms with Gasteiger partial charge in [-0.05, 0) is 44.5 Å². The van der Waals surface area contributed by atoms with Gasteiger partial charge in [0.1, 0.15) is 0 Å². The number of sulfonamides is 1. The van der Waals surface area contributed by atoms with Crippen molar-refractivity contribution in [3.63, 3.8) is 0 Å². The summed E-state index contributed by atoms with van der Waals surface area (Å²) < 4.78 is 31.8. The van der Waals surface area contributed by atoms with Crippen LogP contribution in [0.1, 0.15) is 33.6 Å². The second-order valence-electron chi connectivity index (χ2n) is 6.99. The highest BCUT2D eigenvalue weighted by Crippen LogP contribution is 2.20. The van der Waals surface area contributed by atoms with Gasteiger partial charge in [-0.3, -0.25) is 14.5 Å². The molecule has 2 rings (SSSR count). The van der Waals surface area contributed by atoms with E-state index in [1.807, 2.05) is 4.90 Å². The Morgan fingerprint density at radius 3 is 2.62 bits per heavy atom. The minimum absolute atomic E-state index is 0.142. The van der Waals surface area contributed by atoms with Gasteiger partial charge in [0.15, 0.2) is 0 Å². The number of piperidine rings is 1. The molecule has 1 fully saturated rings. The van der Waals surface area contributed by atoms with Crippen LogP contribution in [0.2, 0.25) is 0 Å². The van der Waals surface area contributed by atoms with E-state index in [1.165, 1.54) is 16.4 Å². The molecule has 1 saturated heterocycles. The molecular weight excluding hydrogens is 394 g/mol. The molecule has 1 heterocycles. The monoisotopic (exact) mass is 425 g/mol. The zero-order valence-corrected chi connectivity index (χ0v) is 18.2. The SMILES string of the molecule is CCOC(=O)[C@H]1CCCN(CC(=O)Nc2cccc(S(=O)(=O)N(CC)CC)c2)C1. The first kappa shape index (κ1) is 23.3. The number of ether oxygens (including phenoxy) is 1. The first-order valence-corrected chi connectivity index (χ1v) is 11.5. The Balaban J connectivity index is 2.00. The Morgan fingerprint density at radius 1 is 1.24 bits per heavy atom. The summed E-state index contributed by atoms with van der Waals surface area (Å²) in [6, 6.07) is 6.28. The number of hydrogen-bond acceptors (Lipinski definition) is 6. The number of rotatable bonds is 9. The number of carbonyl (C=O) groups excluding carboxylic acids is 2. The predicted octanol–water partition coefficient (Wildman–Crippen LogP) is 1.93. The number of carbonyl (C=O) groups is 2. The molecule has 0 bridgehead atoms. The normalized spacial score (nSPS) is 17.9. The van der Waals surface area contributed by atoms with Crippen LogP contribution in [0.25, 0.3) is 0 Å². The fraction of sp³-hybridized carbons (Fsp3) is 0.600. The third-order valence-corrected chi connectivity index (χ3v) is 7.00. The van der Waals surface area contributed by atoms with Gasteiger partial charge in [0, 0.05) is 25.3 Å². The van der Waals surface area contributed by atoms with E-state index in [1.54, 1.807) is 32.9 Å². The van der Waals surface area contributed by atoms with Crippen LogP contribution in [0.5, 0.6) is 0 Å². The maximum atomic E-state index is 12.7. The van der Waals surface area contributed by atoms with Crippen LogP contribution in [-0.4, -0.2) is 68.8 Å². The number of nitrogens with one attached hydrogen (secondary N) is 1. The van der Waals surface area contributed by atoms with Crippen LogP contribution in [-0.2, 0) is 24.3 Å². The molecule has 29 heavy (non-hydrogen) atoms. The number of benzene rings is 1. The number of nitrogens with zero attached hydrogens (tertiary/aromatic N) is 2. The largest absolute Gasteiger partial charge is 0.466 e. The Kier molecular flexibility index (Phi) is 8.60. The van der Waals surface area contributed by atoms with Crippen molar-refractivity contribution in [1.82, 2.24) is 9.21 Å². The molecule has 0 spiro atoms. The lowest BCUT2D eigenvalue weighted by atomic mass is 9.98. The van der Waals surface area contributed by atoms with E-state index in [9.17, 15) is 18.0 Å². The lowest BCUT2D eigenvalue weighted by Gasteiger charge is -2.30. The molecule has 1 aliphatic heterocycles. The van der Waals surface area contributed by atoms with E-state index in [0.717, 1.165) is 19.4 Å². The van der Waals surface area contributed by atoms with Gasteiger partial charge in [-0.25, -0.2) is 8.42 Å². The fourth-order valence-corrected chi connectivity index (χ4v) is 5.01. The molecule has 1 atom stereocenters. The first-order valence-electron chi connectivity index (χ1n) is 10.1. The average Bonchev–Trinajstić information content (AvgIpc) is 2.69. The Bertz CT molecular complexity index is 808. The molecule has 0 radical (unpaired) electrons. The van der Waals surface area contributed by atoms with Gasteiger partial charge < -0.3 is 10.1 Å². The summed E-state index contributed by atoms with van der Waals surface area (Å²) in [4.78, 5) is 26.5. The minimum Gasteiger partial charge on any atom is -0.466 e. The summed E-state index contributed by atoms with van der Waals surface area (Å²) in [7, 11) is -3.59. The highest BCUT2D eigenvalue weighted by atomic mass is 32.2. The van der Waals surface area contributed by atoms with Gasteiger partial charge in [-0.2, -0.15) is 4.31 Å². The van der Waals surface area contributed by atoms with E-state index in [-0.39, 0.29) is 29.2 Å². The third kappa shape index (κ3) is 6.25. The van der Waals surface area contributed by atoms with Crippen molar-refractivity contribution in [1.29, 1.82) is 0 Å². The van der Waals surface area contributed by atoms with Gasteiger partial charge in [-0.15, -0.1) is 0 Å². The molecular formula is C20H31N3O5S. The zero-order chi connectivity index (χ0) is 21.4. The first-order chi connectivity index (χ1) is 13.8. The second-order valence-corrected chi connectivity index (χ2v) is 8.93. The zero-order valence-electron chi connectivity index (χ0n) is 17.4. The van der Waals surface area contributed by atoms with E-state index < -0.39 is 10.0 Å². The predicted molar refractivity (Wildman–Crippen MR) is 111 cm³/mol. The molecule has 0 aromatic heterocycles. The summed E-state index contributed by atoms with van der Waals surface area (Å²) in [5.74, 6) is -0.669. The molecule has 0 saturated carbocycles. The maximum Gasteiger partial charge on any atom is 0.310 e. The highest BCUT2D eigenvalue weighted by Gasteiger charge is 2.28. The second kappa shape index (κ2) is 10.7. The van der Waals surface area contributed by atoms with Crippen molar-refractivity contribution in [2.45, 2.75) is 38.5 Å². The maximum absolute atomic E-state index is 12.7. The lowest BCUT2D eigenvalue weighted by Crippen LogP contribution is -2.43. The van der Waals surface area contributed by atoms with Crippen LogP contribution >= 0.6 is 0 Å². The number of anilines is 1. The molecule has 0 aliphatic carbocycles. The van der Waals surface area contributed by atoms with Crippen LogP contribution in [0, 0.1) is 5.92 Å². The fourth-order valence-electron chi connectivity index (χ4n) is 3.50. The summed E-state index contributed by atoms with van der Waals surface area (Å²) in [6.07, 6.45) is 1.59. The van der Waals surface area contributed by atoms with Gasteiger partial charge >= 0.3 is 5.97 Å². The number of esters is 1. The average molecular weight is 426 g/mol. The van der Waals surface area contributed by atoms with Gasteiger partial charge in [0.25, 0.3) is 0 Å². The number of amides is 1. The van der Waals surface area contributed by atoms with E-state index in [4.69, 9.17) is 4.74 Å². The molecule has 1 amide bonds. The molecule has 1 N–H and O–H groups in total. The standard InChI is InChI=1S/C20H31N3O5S/c1-4-23(5-2)29(26,27)18-11-7-10-17(13-18)21-19(24)15-22-12-8-9-16(14-22)20(25)28-6-3/h7,10-11,13,16H,4-6,8-9,12,14-15H2,1-3H3,(H,21,24)/t16-/m0/s1. The van der Waals surface area contributed by atoms with Crippen LogP contribution < -0.4 is 5.32 Å². The van der Waals surface area contributed by atoms with Crippen molar-refractivity contribution in [2.24, 2.45) is 5.92 Å². The number of likely N-dealkylation sites (tertiary alicyclic amines) is 1. The van der Waals surface area contributed by atoms with Crippen molar-refractivity contribution in [2.75, 3.05) is 44.6 Å². The molecule has 1 aliphatic rings. The topological polar surface area (TPSA) is 96.0 Å². The van der Waals surface area contributed by atoms with Gasteiger partial charge in [0.05, 0.1) is 24.0 Å². The minimum atomic E-state index is -3.59. The molecule has 0 unspecified atom stereocenters. The quantitative estimate of drug-likeness (QED) is 0.608. The van der Waals surface area contributed by atoms with Crippen LogP contribution in [0.4, 0.5) is 5.69 Å². The molecule has 162 valence electrons. The molecule has 8 nitrogen and oxygen atoms in total. The van der Waals surface area contributed by atoms with Gasteiger partial charge in [0.2, 0.25) is 15.9 Å². The van der Waals surface area contributed by atoms with Gasteiger partial charge in [-0.1, -0.05) is 19.9 Å². The van der Waals surface area contributed by atoms with Crippen molar-refractivity contribution >= 4 is 27.6 Å². The lowest BCUT2D eigenvalue weighted by molar-refractivity contribution is -0.150. The molecule has 1 aromatic rings. The Morgan fingerprint density at radius 2 is 1.97 bits per heavy atom.